The highest BCUT2D eigenvalue weighted by Gasteiger charge is 2.27. The van der Waals surface area contributed by atoms with Gasteiger partial charge in [-0.3, -0.25) is 9.69 Å². The molecule has 0 aromatic heterocycles. The van der Waals surface area contributed by atoms with Crippen LogP contribution in [0, 0.1) is 17.2 Å². The Hall–Kier alpha value is -2.44. The maximum atomic E-state index is 11.8. The highest BCUT2D eigenvalue weighted by Crippen LogP contribution is 2.19. The van der Waals surface area contributed by atoms with E-state index in [1.54, 1.807) is 6.92 Å². The fourth-order valence-electron chi connectivity index (χ4n) is 2.62. The average Bonchev–Trinajstić information content (AvgIpc) is 2.57. The van der Waals surface area contributed by atoms with Crippen molar-refractivity contribution in [1.82, 2.24) is 4.90 Å². The topological polar surface area (TPSA) is 44.1 Å². The Labute approximate surface area is 138 Å². The SMILES string of the molecule is CC(=O)[C@H](C)[C@@H](C#N)N(Cc1ccccc1)Cc1ccccc1. The Bertz CT molecular complexity index is 620. The van der Waals surface area contributed by atoms with E-state index in [9.17, 15) is 10.1 Å². The van der Waals surface area contributed by atoms with Crippen LogP contribution in [0.4, 0.5) is 0 Å². The quantitative estimate of drug-likeness (QED) is 0.781. The van der Waals surface area contributed by atoms with Gasteiger partial charge in [-0.15, -0.1) is 0 Å². The fourth-order valence-corrected chi connectivity index (χ4v) is 2.62. The number of hydrogen-bond donors (Lipinski definition) is 0. The zero-order chi connectivity index (χ0) is 16.7. The largest absolute Gasteiger partial charge is 0.300 e. The molecule has 2 aromatic rings. The van der Waals surface area contributed by atoms with E-state index in [1.165, 1.54) is 0 Å². The molecule has 3 nitrogen and oxygen atoms in total. The molecule has 0 spiro atoms. The molecule has 23 heavy (non-hydrogen) atoms. The van der Waals surface area contributed by atoms with Crippen molar-refractivity contribution in [1.29, 1.82) is 5.26 Å². The lowest BCUT2D eigenvalue weighted by Crippen LogP contribution is -2.40. The van der Waals surface area contributed by atoms with E-state index in [-0.39, 0.29) is 11.7 Å². The second kappa shape index (κ2) is 8.26. The van der Waals surface area contributed by atoms with Crippen molar-refractivity contribution in [3.63, 3.8) is 0 Å². The van der Waals surface area contributed by atoms with E-state index < -0.39 is 6.04 Å². The van der Waals surface area contributed by atoms with E-state index in [0.29, 0.717) is 13.1 Å². The number of rotatable bonds is 7. The van der Waals surface area contributed by atoms with Crippen LogP contribution < -0.4 is 0 Å². The fraction of sp³-hybridized carbons (Fsp3) is 0.300. The molecule has 0 radical (unpaired) electrons. The summed E-state index contributed by atoms with van der Waals surface area (Å²) in [5.74, 6) is -0.268. The van der Waals surface area contributed by atoms with E-state index >= 15 is 0 Å². The number of benzene rings is 2. The van der Waals surface area contributed by atoms with Crippen LogP contribution in [0.25, 0.3) is 0 Å². The minimum Gasteiger partial charge on any atom is -0.300 e. The highest BCUT2D eigenvalue weighted by molar-refractivity contribution is 5.79. The van der Waals surface area contributed by atoms with Gasteiger partial charge in [-0.1, -0.05) is 67.6 Å². The Morgan fingerprint density at radius 2 is 1.43 bits per heavy atom. The molecule has 0 saturated carbocycles. The van der Waals surface area contributed by atoms with Crippen molar-refractivity contribution in [3.8, 4) is 6.07 Å². The van der Waals surface area contributed by atoms with Crippen molar-refractivity contribution >= 4 is 5.78 Å². The summed E-state index contributed by atoms with van der Waals surface area (Å²) in [4.78, 5) is 13.9. The first-order valence-corrected chi connectivity index (χ1v) is 7.83. The number of hydrogen-bond acceptors (Lipinski definition) is 3. The maximum absolute atomic E-state index is 11.8. The molecule has 3 heteroatoms. The normalized spacial score (nSPS) is 13.3. The summed E-state index contributed by atoms with van der Waals surface area (Å²) in [5, 5.41) is 9.63. The number of carbonyl (C=O) groups excluding carboxylic acids is 1. The molecule has 0 aliphatic heterocycles. The molecule has 0 unspecified atom stereocenters. The third-order valence-corrected chi connectivity index (χ3v) is 4.10. The van der Waals surface area contributed by atoms with Crippen molar-refractivity contribution in [2.45, 2.75) is 33.0 Å². The minimum atomic E-state index is -0.437. The number of nitriles is 1. The summed E-state index contributed by atoms with van der Waals surface area (Å²) in [6.07, 6.45) is 0. The second-order valence-electron chi connectivity index (χ2n) is 5.85. The van der Waals surface area contributed by atoms with Crippen LogP contribution in [0.2, 0.25) is 0 Å². The van der Waals surface area contributed by atoms with Gasteiger partial charge < -0.3 is 0 Å². The zero-order valence-corrected chi connectivity index (χ0v) is 13.6. The van der Waals surface area contributed by atoms with Crippen molar-refractivity contribution in [2.24, 2.45) is 5.92 Å². The van der Waals surface area contributed by atoms with Crippen LogP contribution >= 0.6 is 0 Å². The molecule has 2 rings (SSSR count). The first kappa shape index (κ1) is 16.9. The van der Waals surface area contributed by atoms with Crippen LogP contribution in [0.15, 0.2) is 60.7 Å². The van der Waals surface area contributed by atoms with Gasteiger partial charge in [0.05, 0.1) is 6.07 Å². The van der Waals surface area contributed by atoms with Gasteiger partial charge in [0, 0.05) is 19.0 Å². The predicted molar refractivity (Wildman–Crippen MR) is 91.4 cm³/mol. The highest BCUT2D eigenvalue weighted by atomic mass is 16.1. The van der Waals surface area contributed by atoms with Gasteiger partial charge in [0.1, 0.15) is 11.8 Å². The molecule has 0 fully saturated rings. The first-order valence-electron chi connectivity index (χ1n) is 7.83. The molecule has 2 aromatic carbocycles. The summed E-state index contributed by atoms with van der Waals surface area (Å²) in [5.41, 5.74) is 2.28. The standard InChI is InChI=1S/C20H22N2O/c1-16(17(2)23)20(13-21)22(14-18-9-5-3-6-10-18)15-19-11-7-4-8-12-19/h3-12,16,20H,14-15H2,1-2H3/t16-,20+/m0/s1. The van der Waals surface area contributed by atoms with Crippen LogP contribution in [0.3, 0.4) is 0 Å². The molecular weight excluding hydrogens is 284 g/mol. The molecule has 2 atom stereocenters. The van der Waals surface area contributed by atoms with Gasteiger partial charge in [-0.2, -0.15) is 5.26 Å². The van der Waals surface area contributed by atoms with Gasteiger partial charge in [0.25, 0.3) is 0 Å². The first-order chi connectivity index (χ1) is 11.1. The van der Waals surface area contributed by atoms with E-state index in [0.717, 1.165) is 11.1 Å². The molecule has 0 amide bonds. The average molecular weight is 306 g/mol. The lowest BCUT2D eigenvalue weighted by molar-refractivity contribution is -0.121. The second-order valence-corrected chi connectivity index (χ2v) is 5.85. The van der Waals surface area contributed by atoms with Gasteiger partial charge in [-0.25, -0.2) is 0 Å². The summed E-state index contributed by atoms with van der Waals surface area (Å²) < 4.78 is 0. The summed E-state index contributed by atoms with van der Waals surface area (Å²) in [6.45, 7) is 4.68. The third-order valence-electron chi connectivity index (χ3n) is 4.10. The molecule has 0 saturated heterocycles. The molecule has 0 heterocycles. The summed E-state index contributed by atoms with van der Waals surface area (Å²) in [6, 6.07) is 22.0. The minimum absolute atomic E-state index is 0.0441. The summed E-state index contributed by atoms with van der Waals surface area (Å²) >= 11 is 0. The Balaban J connectivity index is 2.26. The maximum Gasteiger partial charge on any atom is 0.135 e. The van der Waals surface area contributed by atoms with Crippen LogP contribution in [-0.4, -0.2) is 16.7 Å². The molecular formula is C20H22N2O. The molecule has 0 N–H and O–H groups in total. The van der Waals surface area contributed by atoms with Crippen LogP contribution in [0.1, 0.15) is 25.0 Å². The van der Waals surface area contributed by atoms with Crippen LogP contribution in [0.5, 0.6) is 0 Å². The molecule has 118 valence electrons. The number of ketones is 1. The van der Waals surface area contributed by atoms with Crippen LogP contribution in [-0.2, 0) is 17.9 Å². The van der Waals surface area contributed by atoms with Crippen molar-refractivity contribution < 1.29 is 4.79 Å². The number of Topliss-reactive ketones (excluding diaryl/α,β-unsaturated/α-hetero) is 1. The lowest BCUT2D eigenvalue weighted by Gasteiger charge is -2.30. The predicted octanol–water partition coefficient (Wildman–Crippen LogP) is 3.81. The smallest absolute Gasteiger partial charge is 0.135 e. The Morgan fingerprint density at radius 3 is 1.78 bits per heavy atom. The van der Waals surface area contributed by atoms with Gasteiger partial charge in [0.15, 0.2) is 0 Å². The summed E-state index contributed by atoms with van der Waals surface area (Å²) in [7, 11) is 0. The lowest BCUT2D eigenvalue weighted by atomic mass is 9.96. The molecule has 0 bridgehead atoms. The zero-order valence-electron chi connectivity index (χ0n) is 13.6. The monoisotopic (exact) mass is 306 g/mol. The molecule has 0 aliphatic carbocycles. The van der Waals surface area contributed by atoms with E-state index in [2.05, 4.69) is 11.0 Å². The van der Waals surface area contributed by atoms with Crippen molar-refractivity contribution in [3.05, 3.63) is 71.8 Å². The number of nitrogens with zero attached hydrogens (tertiary/aromatic N) is 2. The number of carbonyl (C=O) groups is 1. The van der Waals surface area contributed by atoms with E-state index in [4.69, 9.17) is 0 Å². The van der Waals surface area contributed by atoms with Gasteiger partial charge >= 0.3 is 0 Å². The third kappa shape index (κ3) is 4.77. The van der Waals surface area contributed by atoms with Gasteiger partial charge in [-0.05, 0) is 18.1 Å². The van der Waals surface area contributed by atoms with Crippen molar-refractivity contribution in [2.75, 3.05) is 0 Å². The Kier molecular flexibility index (Phi) is 6.08. The van der Waals surface area contributed by atoms with E-state index in [1.807, 2.05) is 67.6 Å². The van der Waals surface area contributed by atoms with Gasteiger partial charge in [0.2, 0.25) is 0 Å². The Morgan fingerprint density at radius 1 is 1.00 bits per heavy atom. The molecule has 0 aliphatic rings.